The molecule has 1 aromatic carbocycles. The fraction of sp³-hybridized carbons (Fsp3) is 0. The van der Waals surface area contributed by atoms with Crippen molar-refractivity contribution in [1.29, 1.82) is 0 Å². The standard InChI is InChI=1S/C7H5ClN2O/c8-10-6-4-2-1-3-5(6)9-7(4)11/h1-3,10H,(H,9,11). The Hall–Kier alpha value is -1.22. The van der Waals surface area contributed by atoms with E-state index in [2.05, 4.69) is 10.2 Å². The van der Waals surface area contributed by atoms with Crippen LogP contribution in [0.5, 0.6) is 0 Å². The van der Waals surface area contributed by atoms with E-state index in [9.17, 15) is 4.79 Å². The van der Waals surface area contributed by atoms with Crippen molar-refractivity contribution < 1.29 is 4.79 Å². The lowest BCUT2D eigenvalue weighted by molar-refractivity contribution is 0.103. The van der Waals surface area contributed by atoms with Gasteiger partial charge in [-0.1, -0.05) is 6.07 Å². The topological polar surface area (TPSA) is 41.1 Å². The van der Waals surface area contributed by atoms with Gasteiger partial charge in [0, 0.05) is 11.8 Å². The first-order valence-corrected chi connectivity index (χ1v) is 3.52. The molecule has 0 fully saturated rings. The van der Waals surface area contributed by atoms with Crippen LogP contribution >= 0.6 is 11.8 Å². The average molecular weight is 169 g/mol. The summed E-state index contributed by atoms with van der Waals surface area (Å²) in [4.78, 5) is 13.5. The van der Waals surface area contributed by atoms with Crippen LogP contribution in [0.1, 0.15) is 10.4 Å². The number of carbonyl (C=O) groups is 1. The molecule has 1 aromatic rings. The summed E-state index contributed by atoms with van der Waals surface area (Å²) in [5, 5.41) is 2.66. The van der Waals surface area contributed by atoms with Crippen molar-refractivity contribution in [3.05, 3.63) is 23.8 Å². The van der Waals surface area contributed by atoms with E-state index in [4.69, 9.17) is 11.8 Å². The summed E-state index contributed by atoms with van der Waals surface area (Å²) in [7, 11) is 0. The third-order valence-corrected chi connectivity index (χ3v) is 1.84. The number of fused-ring (bicyclic) bond motifs is 2. The second-order valence-corrected chi connectivity index (χ2v) is 2.47. The van der Waals surface area contributed by atoms with Gasteiger partial charge in [-0.25, -0.2) is 0 Å². The number of benzene rings is 1. The highest BCUT2D eigenvalue weighted by Gasteiger charge is 2.21. The fourth-order valence-electron chi connectivity index (χ4n) is 1.14. The quantitative estimate of drug-likeness (QED) is 0.628. The molecule has 0 aromatic heterocycles. The van der Waals surface area contributed by atoms with E-state index in [1.54, 1.807) is 18.2 Å². The molecule has 56 valence electrons. The van der Waals surface area contributed by atoms with E-state index in [1.807, 2.05) is 0 Å². The molecule has 4 heteroatoms. The number of carbonyl (C=O) groups excluding carboxylic acids is 1. The van der Waals surface area contributed by atoms with Crippen LogP contribution in [0.3, 0.4) is 0 Å². The largest absolute Gasteiger partial charge is 0.320 e. The average Bonchev–Trinajstić information content (AvgIpc) is 2.17. The molecular formula is C7H5ClN2O. The lowest BCUT2D eigenvalue weighted by Gasteiger charge is -1.97. The second kappa shape index (κ2) is 2.13. The first kappa shape index (κ1) is 6.49. The lowest BCUT2D eigenvalue weighted by atomic mass is 10.2. The molecule has 1 aliphatic rings. The van der Waals surface area contributed by atoms with Gasteiger partial charge in [0.2, 0.25) is 0 Å². The van der Waals surface area contributed by atoms with Gasteiger partial charge in [-0.05, 0) is 12.1 Å². The van der Waals surface area contributed by atoms with Gasteiger partial charge in [-0.3, -0.25) is 9.63 Å². The van der Waals surface area contributed by atoms with Gasteiger partial charge in [0.05, 0.1) is 16.9 Å². The molecule has 2 N–H and O–H groups in total. The molecule has 1 aliphatic heterocycles. The van der Waals surface area contributed by atoms with Crippen LogP contribution in [-0.4, -0.2) is 5.91 Å². The lowest BCUT2D eigenvalue weighted by Crippen LogP contribution is -2.02. The van der Waals surface area contributed by atoms with Gasteiger partial charge in [-0.15, -0.1) is 0 Å². The van der Waals surface area contributed by atoms with Gasteiger partial charge in [0.25, 0.3) is 5.91 Å². The fourth-order valence-corrected chi connectivity index (χ4v) is 1.34. The van der Waals surface area contributed by atoms with Crippen molar-refractivity contribution in [2.24, 2.45) is 0 Å². The predicted octanol–water partition coefficient (Wildman–Crippen LogP) is 1.82. The van der Waals surface area contributed by atoms with Crippen LogP contribution in [0.4, 0.5) is 11.4 Å². The zero-order valence-electron chi connectivity index (χ0n) is 5.52. The van der Waals surface area contributed by atoms with Crippen LogP contribution in [0.2, 0.25) is 0 Å². The van der Waals surface area contributed by atoms with Gasteiger partial charge in [0.15, 0.2) is 0 Å². The Balaban J connectivity index is 2.65. The number of rotatable bonds is 1. The van der Waals surface area contributed by atoms with E-state index in [0.29, 0.717) is 11.3 Å². The SMILES string of the molecule is O=C1Nc2cccc1c2NCl. The van der Waals surface area contributed by atoms with Gasteiger partial charge in [0.1, 0.15) is 0 Å². The summed E-state index contributed by atoms with van der Waals surface area (Å²) in [6.45, 7) is 0. The number of para-hydroxylation sites is 1. The van der Waals surface area contributed by atoms with Gasteiger partial charge < -0.3 is 5.32 Å². The Labute approximate surface area is 68.5 Å². The molecule has 2 bridgehead atoms. The van der Waals surface area contributed by atoms with Gasteiger partial charge >= 0.3 is 0 Å². The molecule has 0 spiro atoms. The molecule has 1 amide bonds. The van der Waals surface area contributed by atoms with Gasteiger partial charge in [-0.2, -0.15) is 0 Å². The Morgan fingerprint density at radius 2 is 2.27 bits per heavy atom. The Kier molecular flexibility index (Phi) is 1.26. The Morgan fingerprint density at radius 1 is 1.45 bits per heavy atom. The highest BCUT2D eigenvalue weighted by atomic mass is 35.5. The predicted molar refractivity (Wildman–Crippen MR) is 43.9 cm³/mol. The molecule has 11 heavy (non-hydrogen) atoms. The van der Waals surface area contributed by atoms with Crippen molar-refractivity contribution in [3.8, 4) is 0 Å². The van der Waals surface area contributed by atoms with Crippen molar-refractivity contribution >= 4 is 29.1 Å². The van der Waals surface area contributed by atoms with Crippen LogP contribution in [0.15, 0.2) is 18.2 Å². The number of amides is 1. The molecule has 0 unspecified atom stereocenters. The summed E-state index contributed by atoms with van der Waals surface area (Å²) in [6, 6.07) is 5.32. The minimum atomic E-state index is -0.104. The number of halogens is 1. The maximum Gasteiger partial charge on any atom is 0.257 e. The number of nitrogens with one attached hydrogen (secondary N) is 2. The Morgan fingerprint density at radius 3 is 2.82 bits per heavy atom. The van der Waals surface area contributed by atoms with E-state index < -0.39 is 0 Å². The Bertz CT molecular complexity index is 324. The normalized spacial score (nSPS) is 13.0. The molecule has 0 aliphatic carbocycles. The number of hydrogen-bond donors (Lipinski definition) is 2. The minimum absolute atomic E-state index is 0.104. The summed E-state index contributed by atoms with van der Waals surface area (Å²) in [5.74, 6) is -0.104. The van der Waals surface area contributed by atoms with Crippen LogP contribution < -0.4 is 10.2 Å². The van der Waals surface area contributed by atoms with Crippen LogP contribution in [-0.2, 0) is 0 Å². The molecule has 1 heterocycles. The smallest absolute Gasteiger partial charge is 0.257 e. The van der Waals surface area contributed by atoms with E-state index in [0.717, 1.165) is 5.69 Å². The number of hydrogen-bond acceptors (Lipinski definition) is 2. The van der Waals surface area contributed by atoms with Crippen molar-refractivity contribution in [3.63, 3.8) is 0 Å². The zero-order valence-corrected chi connectivity index (χ0v) is 6.27. The molecule has 0 saturated heterocycles. The molecule has 3 nitrogen and oxygen atoms in total. The zero-order chi connectivity index (χ0) is 7.84. The third kappa shape index (κ3) is 0.778. The maximum atomic E-state index is 11.1. The second-order valence-electron chi connectivity index (χ2n) is 2.28. The van der Waals surface area contributed by atoms with Crippen LogP contribution in [0, 0.1) is 0 Å². The number of anilines is 2. The van der Waals surface area contributed by atoms with Crippen molar-refractivity contribution in [2.75, 3.05) is 10.2 Å². The third-order valence-electron chi connectivity index (χ3n) is 1.65. The van der Waals surface area contributed by atoms with E-state index in [-0.39, 0.29) is 5.91 Å². The summed E-state index contributed by atoms with van der Waals surface area (Å²) in [5.41, 5.74) is 2.00. The van der Waals surface area contributed by atoms with E-state index in [1.165, 1.54) is 0 Å². The molecule has 0 atom stereocenters. The van der Waals surface area contributed by atoms with Crippen molar-refractivity contribution in [1.82, 2.24) is 0 Å². The first-order valence-electron chi connectivity index (χ1n) is 3.14. The van der Waals surface area contributed by atoms with E-state index >= 15 is 0 Å². The summed E-state index contributed by atoms with van der Waals surface area (Å²) < 4.78 is 0. The maximum absolute atomic E-state index is 11.1. The van der Waals surface area contributed by atoms with Crippen molar-refractivity contribution in [2.45, 2.75) is 0 Å². The first-order chi connectivity index (χ1) is 5.33. The highest BCUT2D eigenvalue weighted by Crippen LogP contribution is 2.32. The highest BCUT2D eigenvalue weighted by molar-refractivity contribution is 6.29. The molecule has 0 saturated carbocycles. The summed E-state index contributed by atoms with van der Waals surface area (Å²) in [6.07, 6.45) is 0. The molecule has 2 rings (SSSR count). The monoisotopic (exact) mass is 168 g/mol. The molecular weight excluding hydrogens is 164 g/mol. The molecule has 0 radical (unpaired) electrons. The minimum Gasteiger partial charge on any atom is -0.320 e. The summed E-state index contributed by atoms with van der Waals surface area (Å²) >= 11 is 5.40. The van der Waals surface area contributed by atoms with Crippen LogP contribution in [0.25, 0.3) is 0 Å².